The summed E-state index contributed by atoms with van der Waals surface area (Å²) in [7, 11) is 1.02. The number of thioether (sulfide) groups is 1. The Hall–Kier alpha value is -2.56. The first kappa shape index (κ1) is 20.2. The van der Waals surface area contributed by atoms with Gasteiger partial charge in [-0.25, -0.2) is 9.59 Å². The number of rotatable bonds is 5. The molecule has 0 amide bonds. The number of esters is 1. The Morgan fingerprint density at radius 1 is 1.43 bits per heavy atom. The number of carboxylic acid groups (broad SMARTS) is 1. The second kappa shape index (κ2) is 7.12. The molecule has 150 valence electrons. The lowest BCUT2D eigenvalue weighted by molar-refractivity contribution is -0.168. The molecule has 1 unspecified atom stereocenters. The van der Waals surface area contributed by atoms with Gasteiger partial charge in [0.05, 0.1) is 17.9 Å². The fraction of sp³-hybridized carbons (Fsp3) is 0.389. The minimum Gasteiger partial charge on any atom is -0.507 e. The van der Waals surface area contributed by atoms with Crippen LogP contribution in [0.1, 0.15) is 17.5 Å². The lowest BCUT2D eigenvalue weighted by Crippen LogP contribution is -2.52. The minimum absolute atomic E-state index is 0.0159. The largest absolute Gasteiger partial charge is 0.507 e. The number of aliphatic hydroxyl groups excluding tert-OH is 1. The maximum absolute atomic E-state index is 12.8. The summed E-state index contributed by atoms with van der Waals surface area (Å²) in [6.07, 6.45) is -2.97. The zero-order chi connectivity index (χ0) is 20.8. The number of carboxylic acids is 1. The standard InChI is InChI=1S/C18H18O9S/c1-7-3-9(19)13-11(4-7)27-16-8(14(13)21)5-12(28-16)18(25,17(24)26-2)6-10(20)15(22)23/h3-4,10,12,19-20,25H,5-6H2,1-2H3,(H,22,23)/t10-,12+,18?/m1/s1. The number of aliphatic hydroxyl groups is 2. The fourth-order valence-electron chi connectivity index (χ4n) is 3.25. The molecule has 0 fully saturated rings. The summed E-state index contributed by atoms with van der Waals surface area (Å²) in [5.74, 6) is -2.98. The van der Waals surface area contributed by atoms with Crippen LogP contribution in [0.25, 0.3) is 11.0 Å². The Bertz CT molecular complexity index is 1030. The normalized spacial score (nSPS) is 19.1. The number of fused-ring (bicyclic) bond motifs is 2. The number of phenolic OH excluding ortho intramolecular Hbond substituents is 1. The molecule has 0 spiro atoms. The van der Waals surface area contributed by atoms with Gasteiger partial charge in [-0.2, -0.15) is 0 Å². The number of hydrogen-bond acceptors (Lipinski definition) is 9. The predicted molar refractivity (Wildman–Crippen MR) is 97.5 cm³/mol. The highest BCUT2D eigenvalue weighted by atomic mass is 32.2. The van der Waals surface area contributed by atoms with Gasteiger partial charge in [0.25, 0.3) is 0 Å². The highest BCUT2D eigenvalue weighted by Crippen LogP contribution is 2.44. The van der Waals surface area contributed by atoms with Crippen molar-refractivity contribution in [1.82, 2.24) is 0 Å². The van der Waals surface area contributed by atoms with Gasteiger partial charge in [0.2, 0.25) is 5.43 Å². The smallest absolute Gasteiger partial charge is 0.339 e. The molecular formula is C18H18O9S. The van der Waals surface area contributed by atoms with E-state index in [-0.39, 0.29) is 33.8 Å². The number of hydrogen-bond donors (Lipinski definition) is 4. The Morgan fingerprint density at radius 2 is 2.11 bits per heavy atom. The van der Waals surface area contributed by atoms with Crippen molar-refractivity contribution >= 4 is 34.7 Å². The van der Waals surface area contributed by atoms with E-state index in [9.17, 15) is 29.7 Å². The van der Waals surface area contributed by atoms with Crippen LogP contribution in [-0.2, 0) is 20.7 Å². The summed E-state index contributed by atoms with van der Waals surface area (Å²) in [6, 6.07) is 2.99. The topological polar surface area (TPSA) is 154 Å². The first-order chi connectivity index (χ1) is 13.1. The van der Waals surface area contributed by atoms with Crippen LogP contribution in [-0.4, -0.2) is 56.4 Å². The minimum atomic E-state index is -2.37. The van der Waals surface area contributed by atoms with Crippen LogP contribution in [0.5, 0.6) is 5.75 Å². The molecule has 4 N–H and O–H groups in total. The zero-order valence-corrected chi connectivity index (χ0v) is 15.8. The Labute approximate surface area is 162 Å². The Balaban J connectivity index is 2.06. The van der Waals surface area contributed by atoms with Gasteiger partial charge in [0.15, 0.2) is 16.8 Å². The highest BCUT2D eigenvalue weighted by molar-refractivity contribution is 8.00. The monoisotopic (exact) mass is 410 g/mol. The molecule has 3 rings (SSSR count). The van der Waals surface area contributed by atoms with E-state index >= 15 is 0 Å². The first-order valence-electron chi connectivity index (χ1n) is 8.26. The van der Waals surface area contributed by atoms with E-state index in [0.717, 1.165) is 18.9 Å². The Morgan fingerprint density at radius 3 is 2.71 bits per heavy atom. The maximum Gasteiger partial charge on any atom is 0.339 e. The van der Waals surface area contributed by atoms with E-state index in [2.05, 4.69) is 4.74 Å². The van der Waals surface area contributed by atoms with Crippen LogP contribution in [0.4, 0.5) is 0 Å². The molecular weight excluding hydrogens is 392 g/mol. The highest BCUT2D eigenvalue weighted by Gasteiger charge is 2.51. The van der Waals surface area contributed by atoms with Gasteiger partial charge in [-0.05, 0) is 31.0 Å². The molecule has 0 saturated heterocycles. The van der Waals surface area contributed by atoms with E-state index in [4.69, 9.17) is 9.52 Å². The molecule has 0 saturated carbocycles. The molecule has 1 aliphatic heterocycles. The van der Waals surface area contributed by atoms with Gasteiger partial charge in [-0.3, -0.25) is 4.79 Å². The van der Waals surface area contributed by atoms with Crippen molar-refractivity contribution in [3.8, 4) is 5.75 Å². The van der Waals surface area contributed by atoms with E-state index in [1.807, 2.05) is 0 Å². The third-order valence-electron chi connectivity index (χ3n) is 4.68. The van der Waals surface area contributed by atoms with Crippen molar-refractivity contribution in [2.24, 2.45) is 0 Å². The number of carbonyl (C=O) groups is 2. The van der Waals surface area contributed by atoms with Gasteiger partial charge in [-0.15, -0.1) is 0 Å². The van der Waals surface area contributed by atoms with Crippen molar-refractivity contribution in [3.63, 3.8) is 0 Å². The van der Waals surface area contributed by atoms with Crippen molar-refractivity contribution in [2.75, 3.05) is 7.11 Å². The van der Waals surface area contributed by atoms with Crippen LogP contribution in [0.2, 0.25) is 0 Å². The first-order valence-corrected chi connectivity index (χ1v) is 9.14. The van der Waals surface area contributed by atoms with Crippen molar-refractivity contribution in [1.29, 1.82) is 0 Å². The average Bonchev–Trinajstić information content (AvgIpc) is 3.05. The predicted octanol–water partition coefficient (Wildman–Crippen LogP) is 0.564. The summed E-state index contributed by atoms with van der Waals surface area (Å²) >= 11 is 0.878. The molecule has 10 heteroatoms. The molecule has 0 radical (unpaired) electrons. The number of aliphatic carboxylic acids is 1. The van der Waals surface area contributed by atoms with Crippen LogP contribution in [0, 0.1) is 6.92 Å². The summed E-state index contributed by atoms with van der Waals surface area (Å²) in [5, 5.41) is 38.7. The zero-order valence-electron chi connectivity index (χ0n) is 15.0. The average molecular weight is 410 g/mol. The number of aromatic hydroxyl groups is 1. The lowest BCUT2D eigenvalue weighted by atomic mass is 9.89. The molecule has 0 bridgehead atoms. The summed E-state index contributed by atoms with van der Waals surface area (Å²) in [5.41, 5.74) is -1.91. The van der Waals surface area contributed by atoms with Crippen LogP contribution >= 0.6 is 11.8 Å². The van der Waals surface area contributed by atoms with Crippen molar-refractivity contribution in [3.05, 3.63) is 33.5 Å². The molecule has 3 atom stereocenters. The molecule has 9 nitrogen and oxygen atoms in total. The molecule has 28 heavy (non-hydrogen) atoms. The van der Waals surface area contributed by atoms with E-state index in [1.165, 1.54) is 6.07 Å². The second-order valence-electron chi connectivity index (χ2n) is 6.64. The molecule has 1 aliphatic rings. The van der Waals surface area contributed by atoms with Gasteiger partial charge in [-0.1, -0.05) is 11.8 Å². The number of ether oxygens (including phenoxy) is 1. The molecule has 2 heterocycles. The van der Waals surface area contributed by atoms with Gasteiger partial charge < -0.3 is 29.6 Å². The number of aryl methyl sites for hydroxylation is 1. The summed E-state index contributed by atoms with van der Waals surface area (Å²) in [6.45, 7) is 1.71. The molecule has 1 aromatic carbocycles. The van der Waals surface area contributed by atoms with E-state index < -0.39 is 40.7 Å². The number of methoxy groups -OCH3 is 1. The van der Waals surface area contributed by atoms with Gasteiger partial charge in [0, 0.05) is 6.42 Å². The van der Waals surface area contributed by atoms with Crippen LogP contribution < -0.4 is 5.43 Å². The summed E-state index contributed by atoms with van der Waals surface area (Å²) < 4.78 is 10.3. The fourth-order valence-corrected chi connectivity index (χ4v) is 4.60. The quantitative estimate of drug-likeness (QED) is 0.514. The third kappa shape index (κ3) is 3.23. The molecule has 1 aromatic heterocycles. The lowest BCUT2D eigenvalue weighted by Gasteiger charge is -2.31. The Kier molecular flexibility index (Phi) is 5.13. The third-order valence-corrected chi connectivity index (χ3v) is 6.06. The number of carbonyl (C=O) groups excluding carboxylic acids is 1. The van der Waals surface area contributed by atoms with Crippen molar-refractivity contribution < 1.29 is 39.2 Å². The second-order valence-corrected chi connectivity index (χ2v) is 7.81. The molecule has 0 aliphatic carbocycles. The van der Waals surface area contributed by atoms with E-state index in [1.54, 1.807) is 13.0 Å². The van der Waals surface area contributed by atoms with Crippen LogP contribution in [0.3, 0.4) is 0 Å². The maximum atomic E-state index is 12.8. The van der Waals surface area contributed by atoms with Crippen LogP contribution in [0.15, 0.2) is 26.4 Å². The van der Waals surface area contributed by atoms with E-state index in [0.29, 0.717) is 5.56 Å². The number of phenols is 1. The van der Waals surface area contributed by atoms with Crippen molar-refractivity contribution in [2.45, 2.75) is 41.8 Å². The van der Waals surface area contributed by atoms with Gasteiger partial charge in [0.1, 0.15) is 16.7 Å². The van der Waals surface area contributed by atoms with Gasteiger partial charge >= 0.3 is 11.9 Å². The summed E-state index contributed by atoms with van der Waals surface area (Å²) in [4.78, 5) is 36.0. The number of benzene rings is 1. The SMILES string of the molecule is COC(=O)C(O)(C[C@@H](O)C(=O)O)[C@@H]1Cc2c(oc3cc(C)cc(O)c3c2=O)S1. The molecule has 2 aromatic rings.